The molecule has 26 heavy (non-hydrogen) atoms. The van der Waals surface area contributed by atoms with E-state index in [0.717, 1.165) is 49.3 Å². The summed E-state index contributed by atoms with van der Waals surface area (Å²) in [4.78, 5) is 14.9. The third-order valence-corrected chi connectivity index (χ3v) is 5.30. The Balaban J connectivity index is 1.39. The van der Waals surface area contributed by atoms with Gasteiger partial charge in [0.2, 0.25) is 0 Å². The lowest BCUT2D eigenvalue weighted by molar-refractivity contribution is 0.0936. The average Bonchev–Trinajstić information content (AvgIpc) is 2.65. The summed E-state index contributed by atoms with van der Waals surface area (Å²) in [7, 11) is 0. The van der Waals surface area contributed by atoms with E-state index in [4.69, 9.17) is 0 Å². The summed E-state index contributed by atoms with van der Waals surface area (Å²) < 4.78 is 0. The molecular weight excluding hydrogens is 320 g/mol. The van der Waals surface area contributed by atoms with Gasteiger partial charge in [-0.25, -0.2) is 0 Å². The van der Waals surface area contributed by atoms with Crippen LogP contribution in [0.2, 0.25) is 0 Å². The van der Waals surface area contributed by atoms with Crippen LogP contribution < -0.4 is 5.32 Å². The monoisotopic (exact) mass is 350 g/mol. The van der Waals surface area contributed by atoms with Gasteiger partial charge in [0.05, 0.1) is 0 Å². The van der Waals surface area contributed by atoms with E-state index in [1.54, 1.807) is 0 Å². The number of benzene rings is 2. The Morgan fingerprint density at radius 1 is 1.04 bits per heavy atom. The smallest absolute Gasteiger partial charge is 0.251 e. The summed E-state index contributed by atoms with van der Waals surface area (Å²) in [6.07, 6.45) is 3.46. The summed E-state index contributed by atoms with van der Waals surface area (Å²) in [5, 5.41) is 3.14. The molecule has 0 aromatic heterocycles. The third-order valence-electron chi connectivity index (χ3n) is 5.30. The molecule has 0 radical (unpaired) electrons. The number of carbonyl (C=O) groups is 1. The Morgan fingerprint density at radius 2 is 1.69 bits per heavy atom. The predicted molar refractivity (Wildman–Crippen MR) is 108 cm³/mol. The highest BCUT2D eigenvalue weighted by molar-refractivity contribution is 5.94. The normalized spacial score (nSPS) is 15.8. The first-order valence-electron chi connectivity index (χ1n) is 9.73. The van der Waals surface area contributed by atoms with Crippen LogP contribution in [-0.2, 0) is 6.42 Å². The molecule has 0 atom stereocenters. The van der Waals surface area contributed by atoms with Crippen molar-refractivity contribution in [1.29, 1.82) is 0 Å². The SMILES string of the molecule is Cc1cc(C)cc(C(=O)NCC2CCN(CCc3ccccc3)CC2)c1. The van der Waals surface area contributed by atoms with Gasteiger partial charge in [-0.2, -0.15) is 0 Å². The van der Waals surface area contributed by atoms with E-state index in [-0.39, 0.29) is 5.91 Å². The molecule has 1 amide bonds. The molecule has 1 heterocycles. The first-order chi connectivity index (χ1) is 12.6. The lowest BCUT2D eigenvalue weighted by atomic mass is 9.96. The molecule has 1 fully saturated rings. The lowest BCUT2D eigenvalue weighted by Gasteiger charge is -2.32. The Kier molecular flexibility index (Phi) is 6.45. The third kappa shape index (κ3) is 5.43. The molecule has 1 N–H and O–H groups in total. The first-order valence-corrected chi connectivity index (χ1v) is 9.73. The number of nitrogens with one attached hydrogen (secondary N) is 1. The van der Waals surface area contributed by atoms with Crippen LogP contribution in [0.3, 0.4) is 0 Å². The van der Waals surface area contributed by atoms with Crippen molar-refractivity contribution in [3.05, 3.63) is 70.8 Å². The van der Waals surface area contributed by atoms with E-state index >= 15 is 0 Å². The summed E-state index contributed by atoms with van der Waals surface area (Å²) in [5.41, 5.74) is 4.47. The lowest BCUT2D eigenvalue weighted by Crippen LogP contribution is -2.39. The minimum Gasteiger partial charge on any atom is -0.352 e. The van der Waals surface area contributed by atoms with Crippen molar-refractivity contribution < 1.29 is 4.79 Å². The highest BCUT2D eigenvalue weighted by atomic mass is 16.1. The molecule has 2 aromatic rings. The van der Waals surface area contributed by atoms with Crippen molar-refractivity contribution in [2.75, 3.05) is 26.2 Å². The van der Waals surface area contributed by atoms with Crippen LogP contribution in [0.15, 0.2) is 48.5 Å². The van der Waals surface area contributed by atoms with Crippen LogP contribution in [0.4, 0.5) is 0 Å². The molecule has 0 bridgehead atoms. The van der Waals surface area contributed by atoms with Gasteiger partial charge in [0.1, 0.15) is 0 Å². The van der Waals surface area contributed by atoms with E-state index in [2.05, 4.69) is 46.6 Å². The van der Waals surface area contributed by atoms with E-state index in [1.165, 1.54) is 18.4 Å². The largest absolute Gasteiger partial charge is 0.352 e. The quantitative estimate of drug-likeness (QED) is 0.854. The number of piperidine rings is 1. The minimum absolute atomic E-state index is 0.0586. The number of aryl methyl sites for hydroxylation is 2. The Morgan fingerprint density at radius 3 is 2.35 bits per heavy atom. The number of amides is 1. The van der Waals surface area contributed by atoms with Gasteiger partial charge in [-0.05, 0) is 69.8 Å². The van der Waals surface area contributed by atoms with Crippen LogP contribution in [-0.4, -0.2) is 37.0 Å². The summed E-state index contributed by atoms with van der Waals surface area (Å²) in [5.74, 6) is 0.654. The van der Waals surface area contributed by atoms with E-state index in [1.807, 2.05) is 26.0 Å². The van der Waals surface area contributed by atoms with Gasteiger partial charge in [0, 0.05) is 18.7 Å². The highest BCUT2D eigenvalue weighted by Crippen LogP contribution is 2.17. The fourth-order valence-electron chi connectivity index (χ4n) is 3.79. The van der Waals surface area contributed by atoms with Crippen molar-refractivity contribution in [1.82, 2.24) is 10.2 Å². The van der Waals surface area contributed by atoms with Crippen molar-refractivity contribution in [2.24, 2.45) is 5.92 Å². The molecule has 0 unspecified atom stereocenters. The second kappa shape index (κ2) is 9.00. The Hall–Kier alpha value is -2.13. The summed E-state index contributed by atoms with van der Waals surface area (Å²) in [6, 6.07) is 16.7. The molecular formula is C23H30N2O. The summed E-state index contributed by atoms with van der Waals surface area (Å²) >= 11 is 0. The average molecular weight is 351 g/mol. The van der Waals surface area contributed by atoms with Crippen LogP contribution in [0.1, 0.15) is 39.9 Å². The Bertz CT molecular complexity index is 698. The van der Waals surface area contributed by atoms with Gasteiger partial charge < -0.3 is 10.2 Å². The number of nitrogens with zero attached hydrogens (tertiary/aromatic N) is 1. The first kappa shape index (κ1) is 18.7. The van der Waals surface area contributed by atoms with Gasteiger partial charge in [-0.1, -0.05) is 47.5 Å². The topological polar surface area (TPSA) is 32.3 Å². The van der Waals surface area contributed by atoms with E-state index in [9.17, 15) is 4.79 Å². The molecule has 1 aliphatic rings. The van der Waals surface area contributed by atoms with E-state index < -0.39 is 0 Å². The fourth-order valence-corrected chi connectivity index (χ4v) is 3.79. The van der Waals surface area contributed by atoms with Gasteiger partial charge in [0.15, 0.2) is 0 Å². The molecule has 0 spiro atoms. The molecule has 1 saturated heterocycles. The van der Waals surface area contributed by atoms with Crippen LogP contribution >= 0.6 is 0 Å². The van der Waals surface area contributed by atoms with E-state index in [0.29, 0.717) is 5.92 Å². The van der Waals surface area contributed by atoms with Crippen molar-refractivity contribution in [3.8, 4) is 0 Å². The molecule has 3 rings (SSSR count). The zero-order chi connectivity index (χ0) is 18.4. The predicted octanol–water partition coefficient (Wildman–Crippen LogP) is 3.99. The number of likely N-dealkylation sites (tertiary alicyclic amines) is 1. The van der Waals surface area contributed by atoms with Crippen molar-refractivity contribution in [2.45, 2.75) is 33.1 Å². The van der Waals surface area contributed by atoms with Crippen LogP contribution in [0.5, 0.6) is 0 Å². The second-order valence-electron chi connectivity index (χ2n) is 7.61. The molecule has 138 valence electrons. The number of hydrogen-bond acceptors (Lipinski definition) is 2. The maximum absolute atomic E-state index is 12.4. The standard InChI is InChI=1S/C23H30N2O/c1-18-14-19(2)16-22(15-18)23(26)24-17-21-9-12-25(13-10-21)11-8-20-6-4-3-5-7-20/h3-7,14-16,21H,8-13,17H2,1-2H3,(H,24,26). The van der Waals surface area contributed by atoms with Gasteiger partial charge in [-0.3, -0.25) is 4.79 Å². The second-order valence-corrected chi connectivity index (χ2v) is 7.61. The zero-order valence-electron chi connectivity index (χ0n) is 16.0. The molecule has 3 nitrogen and oxygen atoms in total. The zero-order valence-corrected chi connectivity index (χ0v) is 16.0. The van der Waals surface area contributed by atoms with Crippen LogP contribution in [0.25, 0.3) is 0 Å². The van der Waals surface area contributed by atoms with Gasteiger partial charge in [0.25, 0.3) is 5.91 Å². The van der Waals surface area contributed by atoms with Crippen LogP contribution in [0, 0.1) is 19.8 Å². The van der Waals surface area contributed by atoms with Gasteiger partial charge >= 0.3 is 0 Å². The number of carbonyl (C=O) groups excluding carboxylic acids is 1. The maximum atomic E-state index is 12.4. The van der Waals surface area contributed by atoms with Gasteiger partial charge in [-0.15, -0.1) is 0 Å². The highest BCUT2D eigenvalue weighted by Gasteiger charge is 2.19. The molecule has 3 heteroatoms. The van der Waals surface area contributed by atoms with Crippen molar-refractivity contribution in [3.63, 3.8) is 0 Å². The molecule has 0 saturated carbocycles. The minimum atomic E-state index is 0.0586. The molecule has 2 aromatic carbocycles. The number of hydrogen-bond donors (Lipinski definition) is 1. The van der Waals surface area contributed by atoms with Crippen molar-refractivity contribution >= 4 is 5.91 Å². The fraction of sp³-hybridized carbons (Fsp3) is 0.435. The Labute approximate surface area is 157 Å². The molecule has 1 aliphatic heterocycles. The number of rotatable bonds is 6. The summed E-state index contributed by atoms with van der Waals surface area (Å²) in [6.45, 7) is 8.27. The molecule has 0 aliphatic carbocycles. The maximum Gasteiger partial charge on any atom is 0.251 e.